The minimum Gasteiger partial charge on any atom is -0.454 e. The molecule has 2 unspecified atom stereocenters. The zero-order chi connectivity index (χ0) is 10.8. The summed E-state index contributed by atoms with van der Waals surface area (Å²) in [6.07, 6.45) is 5.86. The van der Waals surface area contributed by atoms with Gasteiger partial charge in [0.15, 0.2) is 11.9 Å². The van der Waals surface area contributed by atoms with Crippen molar-refractivity contribution in [1.29, 1.82) is 0 Å². The molecule has 2 fully saturated rings. The van der Waals surface area contributed by atoms with E-state index >= 15 is 0 Å². The van der Waals surface area contributed by atoms with Crippen LogP contribution in [0.2, 0.25) is 0 Å². The number of rotatable bonds is 1. The summed E-state index contributed by atoms with van der Waals surface area (Å²) in [5.74, 6) is 0.734. The van der Waals surface area contributed by atoms with Crippen LogP contribution in [0.1, 0.15) is 45.4 Å². The lowest BCUT2D eigenvalue weighted by molar-refractivity contribution is -0.161. The van der Waals surface area contributed by atoms with Crippen molar-refractivity contribution in [2.75, 3.05) is 0 Å². The van der Waals surface area contributed by atoms with Crippen LogP contribution in [-0.2, 0) is 14.3 Å². The first-order chi connectivity index (χ1) is 7.18. The number of carbonyl (C=O) groups excluding carboxylic acids is 2. The highest BCUT2D eigenvalue weighted by Crippen LogP contribution is 2.40. The van der Waals surface area contributed by atoms with Gasteiger partial charge in [-0.3, -0.25) is 9.59 Å². The van der Waals surface area contributed by atoms with E-state index in [1.807, 2.05) is 0 Å². The summed E-state index contributed by atoms with van der Waals surface area (Å²) in [6.45, 7) is 1.39. The summed E-state index contributed by atoms with van der Waals surface area (Å²) < 4.78 is 5.18. The van der Waals surface area contributed by atoms with E-state index in [2.05, 4.69) is 0 Å². The van der Waals surface area contributed by atoms with Crippen LogP contribution < -0.4 is 0 Å². The average Bonchev–Trinajstić information content (AvgIpc) is 2.22. The van der Waals surface area contributed by atoms with E-state index in [0.717, 1.165) is 12.8 Å². The third kappa shape index (κ3) is 2.21. The maximum atomic E-state index is 11.7. The maximum absolute atomic E-state index is 11.7. The van der Waals surface area contributed by atoms with Gasteiger partial charge in [-0.25, -0.2) is 0 Å². The van der Waals surface area contributed by atoms with Crippen molar-refractivity contribution in [2.45, 2.75) is 51.6 Å². The van der Waals surface area contributed by atoms with Crippen LogP contribution in [0.5, 0.6) is 0 Å². The predicted molar refractivity (Wildman–Crippen MR) is 55.2 cm³/mol. The number of carbonyl (C=O) groups is 2. The summed E-state index contributed by atoms with van der Waals surface area (Å²) in [4.78, 5) is 22.7. The molecule has 0 aromatic carbocycles. The van der Waals surface area contributed by atoms with Gasteiger partial charge in [0.1, 0.15) is 0 Å². The largest absolute Gasteiger partial charge is 0.454 e. The van der Waals surface area contributed by atoms with Gasteiger partial charge in [-0.2, -0.15) is 0 Å². The number of ketones is 1. The zero-order valence-electron chi connectivity index (χ0n) is 9.20. The summed E-state index contributed by atoms with van der Waals surface area (Å²) in [5, 5.41) is 0. The molecule has 15 heavy (non-hydrogen) atoms. The van der Waals surface area contributed by atoms with E-state index in [9.17, 15) is 9.59 Å². The van der Waals surface area contributed by atoms with Gasteiger partial charge in [0, 0.05) is 19.3 Å². The molecule has 0 amide bonds. The van der Waals surface area contributed by atoms with Gasteiger partial charge in [-0.1, -0.05) is 19.3 Å². The fraction of sp³-hybridized carbons (Fsp3) is 0.833. The second-order valence-electron chi connectivity index (χ2n) is 4.74. The number of fused-ring (bicyclic) bond motifs is 1. The van der Waals surface area contributed by atoms with Crippen molar-refractivity contribution < 1.29 is 14.3 Å². The van der Waals surface area contributed by atoms with E-state index in [1.54, 1.807) is 0 Å². The summed E-state index contributed by atoms with van der Waals surface area (Å²) >= 11 is 0. The SMILES string of the molecule is CC(=O)O[C@@H]1C(=O)CCC2CCCCC21. The maximum Gasteiger partial charge on any atom is 0.303 e. The molecule has 0 heterocycles. The van der Waals surface area contributed by atoms with E-state index < -0.39 is 6.10 Å². The Kier molecular flexibility index (Phi) is 3.08. The molecule has 2 saturated carbocycles. The second-order valence-corrected chi connectivity index (χ2v) is 4.74. The van der Waals surface area contributed by atoms with Crippen molar-refractivity contribution in [3.63, 3.8) is 0 Å². The Morgan fingerprint density at radius 3 is 2.73 bits per heavy atom. The lowest BCUT2D eigenvalue weighted by Crippen LogP contribution is -2.43. The van der Waals surface area contributed by atoms with Gasteiger partial charge in [0.25, 0.3) is 0 Å². The molecule has 0 aromatic rings. The molecule has 84 valence electrons. The van der Waals surface area contributed by atoms with Crippen LogP contribution in [0.15, 0.2) is 0 Å². The normalized spacial score (nSPS) is 35.8. The van der Waals surface area contributed by atoms with Gasteiger partial charge in [0.2, 0.25) is 0 Å². The second kappa shape index (κ2) is 4.33. The minimum atomic E-state index is -0.429. The van der Waals surface area contributed by atoms with E-state index in [0.29, 0.717) is 18.3 Å². The van der Waals surface area contributed by atoms with Gasteiger partial charge in [-0.15, -0.1) is 0 Å². The lowest BCUT2D eigenvalue weighted by Gasteiger charge is -2.39. The van der Waals surface area contributed by atoms with Crippen LogP contribution in [0, 0.1) is 11.8 Å². The molecule has 0 bridgehead atoms. The fourth-order valence-electron chi connectivity index (χ4n) is 3.03. The molecule has 0 aromatic heterocycles. The molecule has 3 atom stereocenters. The Bertz CT molecular complexity index is 272. The van der Waals surface area contributed by atoms with Crippen molar-refractivity contribution in [2.24, 2.45) is 11.8 Å². The Balaban J connectivity index is 2.09. The highest BCUT2D eigenvalue weighted by Gasteiger charge is 2.41. The fourth-order valence-corrected chi connectivity index (χ4v) is 3.03. The van der Waals surface area contributed by atoms with E-state index in [4.69, 9.17) is 4.74 Å². The quantitative estimate of drug-likeness (QED) is 0.622. The smallest absolute Gasteiger partial charge is 0.303 e. The Morgan fingerprint density at radius 1 is 1.27 bits per heavy atom. The molecule has 0 spiro atoms. The molecule has 2 aliphatic carbocycles. The van der Waals surface area contributed by atoms with Crippen molar-refractivity contribution in [1.82, 2.24) is 0 Å². The number of Topliss-reactive ketones (excluding diaryl/α,β-unsaturated/α-hetero) is 1. The summed E-state index contributed by atoms with van der Waals surface area (Å²) in [6, 6.07) is 0. The van der Waals surface area contributed by atoms with Crippen molar-refractivity contribution in [3.05, 3.63) is 0 Å². The van der Waals surface area contributed by atoms with Crippen LogP contribution >= 0.6 is 0 Å². The zero-order valence-corrected chi connectivity index (χ0v) is 9.20. The number of hydrogen-bond acceptors (Lipinski definition) is 3. The third-order valence-corrected chi connectivity index (χ3v) is 3.73. The highest BCUT2D eigenvalue weighted by molar-refractivity contribution is 5.86. The standard InChI is InChI=1S/C12H18O3/c1-8(13)15-12-10-5-3-2-4-9(10)6-7-11(12)14/h9-10,12H,2-7H2,1H3/t9?,10?,12-/m0/s1. The summed E-state index contributed by atoms with van der Waals surface area (Å²) in [7, 11) is 0. The monoisotopic (exact) mass is 210 g/mol. The molecule has 0 aliphatic heterocycles. The molecule has 0 N–H and O–H groups in total. The van der Waals surface area contributed by atoms with Gasteiger partial charge in [-0.05, 0) is 18.8 Å². The topological polar surface area (TPSA) is 43.4 Å². The van der Waals surface area contributed by atoms with Crippen molar-refractivity contribution >= 4 is 11.8 Å². The Morgan fingerprint density at radius 2 is 2.00 bits per heavy atom. The van der Waals surface area contributed by atoms with Gasteiger partial charge < -0.3 is 4.74 Å². The van der Waals surface area contributed by atoms with Crippen LogP contribution in [-0.4, -0.2) is 17.9 Å². The molecule has 0 radical (unpaired) electrons. The first-order valence-electron chi connectivity index (χ1n) is 5.88. The molecule has 0 saturated heterocycles. The Hall–Kier alpha value is -0.860. The van der Waals surface area contributed by atoms with Gasteiger partial charge >= 0.3 is 5.97 Å². The van der Waals surface area contributed by atoms with Gasteiger partial charge in [0.05, 0.1) is 0 Å². The molecular weight excluding hydrogens is 192 g/mol. The molecule has 3 nitrogen and oxygen atoms in total. The van der Waals surface area contributed by atoms with Crippen LogP contribution in [0.4, 0.5) is 0 Å². The predicted octanol–water partition coefficient (Wildman–Crippen LogP) is 2.09. The minimum absolute atomic E-state index is 0.133. The molecule has 2 aliphatic rings. The number of hydrogen-bond donors (Lipinski definition) is 0. The first-order valence-corrected chi connectivity index (χ1v) is 5.88. The lowest BCUT2D eigenvalue weighted by atomic mass is 9.69. The van der Waals surface area contributed by atoms with Crippen LogP contribution in [0.25, 0.3) is 0 Å². The summed E-state index contributed by atoms with van der Waals surface area (Å²) in [5.41, 5.74) is 0. The highest BCUT2D eigenvalue weighted by atomic mass is 16.5. The number of esters is 1. The average molecular weight is 210 g/mol. The first kappa shape index (κ1) is 10.7. The van der Waals surface area contributed by atoms with Crippen LogP contribution in [0.3, 0.4) is 0 Å². The van der Waals surface area contributed by atoms with Crippen molar-refractivity contribution in [3.8, 4) is 0 Å². The van der Waals surface area contributed by atoms with E-state index in [1.165, 1.54) is 26.2 Å². The molecule has 3 heteroatoms. The third-order valence-electron chi connectivity index (χ3n) is 3.73. The Labute approximate surface area is 90.2 Å². The van der Waals surface area contributed by atoms with E-state index in [-0.39, 0.29) is 11.8 Å². The molecule has 2 rings (SSSR count). The molecular formula is C12H18O3. The number of ether oxygens (including phenoxy) is 1.